The quantitative estimate of drug-likeness (QED) is 0.702. The van der Waals surface area contributed by atoms with Crippen LogP contribution in [0.1, 0.15) is 26.6 Å². The van der Waals surface area contributed by atoms with Gasteiger partial charge in [-0.1, -0.05) is 0 Å². The third-order valence-electron chi connectivity index (χ3n) is 2.02. The van der Waals surface area contributed by atoms with Gasteiger partial charge in [-0.25, -0.2) is 4.98 Å². The molecule has 86 valence electrons. The van der Waals surface area contributed by atoms with Crippen molar-refractivity contribution in [2.45, 2.75) is 27.3 Å². The Morgan fingerprint density at radius 1 is 1.69 bits per heavy atom. The van der Waals surface area contributed by atoms with Crippen LogP contribution in [0.2, 0.25) is 0 Å². The molecule has 0 saturated carbocycles. The molecule has 1 aromatic rings. The average molecular weight is 222 g/mol. The fraction of sp³-hybridized carbons (Fsp3) is 0.600. The number of nitriles is 1. The molecule has 0 saturated heterocycles. The van der Waals surface area contributed by atoms with Crippen molar-refractivity contribution in [1.82, 2.24) is 14.8 Å². The van der Waals surface area contributed by atoms with Crippen molar-refractivity contribution in [2.24, 2.45) is 5.41 Å². The molecule has 16 heavy (non-hydrogen) atoms. The fourth-order valence-electron chi connectivity index (χ4n) is 1.22. The number of esters is 1. The lowest BCUT2D eigenvalue weighted by Gasteiger charge is -2.21. The minimum atomic E-state index is -0.684. The summed E-state index contributed by atoms with van der Waals surface area (Å²) >= 11 is 0. The van der Waals surface area contributed by atoms with Crippen LogP contribution in [-0.2, 0) is 16.1 Å². The van der Waals surface area contributed by atoms with Gasteiger partial charge in [-0.05, 0) is 20.8 Å². The van der Waals surface area contributed by atoms with Crippen LogP contribution in [0.15, 0.2) is 6.33 Å². The van der Waals surface area contributed by atoms with Crippen molar-refractivity contribution in [3.8, 4) is 6.07 Å². The Balaban J connectivity index is 2.72. The van der Waals surface area contributed by atoms with Crippen LogP contribution in [0, 0.1) is 16.7 Å². The summed E-state index contributed by atoms with van der Waals surface area (Å²) in [5.41, 5.74) is -0.684. The van der Waals surface area contributed by atoms with E-state index in [2.05, 4.69) is 10.1 Å². The second kappa shape index (κ2) is 4.75. The first-order valence-corrected chi connectivity index (χ1v) is 4.96. The summed E-state index contributed by atoms with van der Waals surface area (Å²) in [7, 11) is 0. The maximum atomic E-state index is 11.6. The molecule has 0 bridgehead atoms. The zero-order valence-corrected chi connectivity index (χ0v) is 9.60. The SMILES string of the molecule is CCOC(=O)C(C)(C)Cn1cnc(C#N)n1. The summed E-state index contributed by atoms with van der Waals surface area (Å²) in [5.74, 6) is -0.191. The summed E-state index contributed by atoms with van der Waals surface area (Å²) in [6.07, 6.45) is 1.43. The summed E-state index contributed by atoms with van der Waals surface area (Å²) in [6, 6.07) is 1.83. The Bertz CT molecular complexity index is 417. The Hall–Kier alpha value is -1.90. The number of hydrogen-bond donors (Lipinski definition) is 0. The van der Waals surface area contributed by atoms with Crippen LogP contribution in [0.3, 0.4) is 0 Å². The van der Waals surface area contributed by atoms with Gasteiger partial charge in [-0.3, -0.25) is 9.48 Å². The van der Waals surface area contributed by atoms with Gasteiger partial charge >= 0.3 is 5.97 Å². The van der Waals surface area contributed by atoms with E-state index in [0.29, 0.717) is 13.2 Å². The normalized spacial score (nSPS) is 10.9. The first-order chi connectivity index (χ1) is 7.49. The highest BCUT2D eigenvalue weighted by atomic mass is 16.5. The monoisotopic (exact) mass is 222 g/mol. The van der Waals surface area contributed by atoms with Gasteiger partial charge in [-0.15, -0.1) is 5.10 Å². The third kappa shape index (κ3) is 2.79. The van der Waals surface area contributed by atoms with Crippen molar-refractivity contribution in [3.63, 3.8) is 0 Å². The van der Waals surface area contributed by atoms with E-state index in [1.165, 1.54) is 11.0 Å². The number of nitrogens with zero attached hydrogens (tertiary/aromatic N) is 4. The Kier molecular flexibility index (Phi) is 3.61. The summed E-state index contributed by atoms with van der Waals surface area (Å²) in [4.78, 5) is 15.4. The summed E-state index contributed by atoms with van der Waals surface area (Å²) in [5, 5.41) is 12.5. The molecule has 0 aliphatic rings. The van der Waals surface area contributed by atoms with Gasteiger partial charge in [0.2, 0.25) is 0 Å². The molecule has 0 aromatic carbocycles. The second-order valence-electron chi connectivity index (χ2n) is 3.98. The molecule has 0 aliphatic heterocycles. The molecule has 0 amide bonds. The lowest BCUT2D eigenvalue weighted by molar-refractivity contribution is -0.154. The van der Waals surface area contributed by atoms with Crippen molar-refractivity contribution in [2.75, 3.05) is 6.61 Å². The van der Waals surface area contributed by atoms with Gasteiger partial charge in [0.15, 0.2) is 0 Å². The van der Waals surface area contributed by atoms with Crippen LogP contribution >= 0.6 is 0 Å². The molecule has 6 nitrogen and oxygen atoms in total. The predicted octanol–water partition coefficient (Wildman–Crippen LogP) is 0.739. The molecular formula is C10H14N4O2. The van der Waals surface area contributed by atoms with Crippen molar-refractivity contribution >= 4 is 5.97 Å². The van der Waals surface area contributed by atoms with Crippen LogP contribution in [0.4, 0.5) is 0 Å². The number of rotatable bonds is 4. The number of carbonyl (C=O) groups excluding carboxylic acids is 1. The van der Waals surface area contributed by atoms with E-state index in [9.17, 15) is 4.79 Å². The maximum absolute atomic E-state index is 11.6. The number of hydrogen-bond acceptors (Lipinski definition) is 5. The van der Waals surface area contributed by atoms with Crippen molar-refractivity contribution in [1.29, 1.82) is 5.26 Å². The molecule has 0 fully saturated rings. The molecule has 0 spiro atoms. The minimum absolute atomic E-state index is 0.0969. The molecular weight excluding hydrogens is 208 g/mol. The number of aromatic nitrogens is 3. The van der Waals surface area contributed by atoms with E-state index < -0.39 is 5.41 Å². The summed E-state index contributed by atoms with van der Waals surface area (Å²) in [6.45, 7) is 5.97. The lowest BCUT2D eigenvalue weighted by atomic mass is 9.94. The Labute approximate surface area is 93.8 Å². The van der Waals surface area contributed by atoms with E-state index >= 15 is 0 Å². The number of carbonyl (C=O) groups is 1. The fourth-order valence-corrected chi connectivity index (χ4v) is 1.22. The highest BCUT2D eigenvalue weighted by Crippen LogP contribution is 2.19. The molecule has 0 radical (unpaired) electrons. The van der Waals surface area contributed by atoms with E-state index in [1.54, 1.807) is 20.8 Å². The van der Waals surface area contributed by atoms with E-state index in [1.807, 2.05) is 6.07 Å². The van der Waals surface area contributed by atoms with Gasteiger partial charge in [0.25, 0.3) is 5.82 Å². The van der Waals surface area contributed by atoms with E-state index in [4.69, 9.17) is 10.00 Å². The third-order valence-corrected chi connectivity index (χ3v) is 2.02. The first-order valence-electron chi connectivity index (χ1n) is 4.96. The molecule has 0 atom stereocenters. The van der Waals surface area contributed by atoms with Gasteiger partial charge in [0.1, 0.15) is 12.4 Å². The standard InChI is InChI=1S/C10H14N4O2/c1-4-16-9(15)10(2,3)6-14-7-12-8(5-11)13-14/h7H,4,6H2,1-3H3. The summed E-state index contributed by atoms with van der Waals surface area (Å²) < 4.78 is 6.41. The molecule has 6 heteroatoms. The van der Waals surface area contributed by atoms with Crippen molar-refractivity contribution in [3.05, 3.63) is 12.2 Å². The van der Waals surface area contributed by atoms with Crippen LogP contribution in [0.5, 0.6) is 0 Å². The molecule has 0 N–H and O–H groups in total. The molecule has 0 unspecified atom stereocenters. The topological polar surface area (TPSA) is 80.8 Å². The van der Waals surface area contributed by atoms with Gasteiger partial charge in [0.05, 0.1) is 18.6 Å². The van der Waals surface area contributed by atoms with Crippen LogP contribution in [-0.4, -0.2) is 27.3 Å². The zero-order chi connectivity index (χ0) is 12.2. The highest BCUT2D eigenvalue weighted by Gasteiger charge is 2.30. The molecule has 1 rings (SSSR count). The second-order valence-corrected chi connectivity index (χ2v) is 3.98. The molecule has 1 aromatic heterocycles. The van der Waals surface area contributed by atoms with E-state index in [0.717, 1.165) is 0 Å². The largest absolute Gasteiger partial charge is 0.466 e. The Morgan fingerprint density at radius 2 is 2.38 bits per heavy atom. The maximum Gasteiger partial charge on any atom is 0.313 e. The van der Waals surface area contributed by atoms with E-state index in [-0.39, 0.29) is 11.8 Å². The molecule has 0 aliphatic carbocycles. The van der Waals surface area contributed by atoms with Crippen molar-refractivity contribution < 1.29 is 9.53 Å². The Morgan fingerprint density at radius 3 is 2.88 bits per heavy atom. The number of ether oxygens (including phenoxy) is 1. The van der Waals surface area contributed by atoms with Crippen LogP contribution in [0.25, 0.3) is 0 Å². The minimum Gasteiger partial charge on any atom is -0.466 e. The predicted molar refractivity (Wildman–Crippen MR) is 55.2 cm³/mol. The zero-order valence-electron chi connectivity index (χ0n) is 9.60. The lowest BCUT2D eigenvalue weighted by Crippen LogP contribution is -2.31. The van der Waals surface area contributed by atoms with Gasteiger partial charge in [0, 0.05) is 0 Å². The first kappa shape index (κ1) is 12.2. The molecule has 1 heterocycles. The van der Waals surface area contributed by atoms with Gasteiger partial charge < -0.3 is 4.74 Å². The van der Waals surface area contributed by atoms with Crippen LogP contribution < -0.4 is 0 Å². The van der Waals surface area contributed by atoms with Gasteiger partial charge in [-0.2, -0.15) is 5.26 Å². The highest BCUT2D eigenvalue weighted by molar-refractivity contribution is 5.75. The average Bonchev–Trinajstić information content (AvgIpc) is 2.65. The smallest absolute Gasteiger partial charge is 0.313 e.